The van der Waals surface area contributed by atoms with Crippen LogP contribution in [0.15, 0.2) is 12.5 Å². The average molecular weight is 342 g/mol. The zero-order valence-electron chi connectivity index (χ0n) is 13.0. The van der Waals surface area contributed by atoms with Gasteiger partial charge in [0.25, 0.3) is 0 Å². The highest BCUT2D eigenvalue weighted by atomic mass is 19.4. The van der Waals surface area contributed by atoms with Crippen molar-refractivity contribution in [1.29, 1.82) is 0 Å². The monoisotopic (exact) mass is 342 g/mol. The van der Waals surface area contributed by atoms with Gasteiger partial charge in [-0.1, -0.05) is 0 Å². The number of hydrogen-bond donors (Lipinski definition) is 2. The summed E-state index contributed by atoms with van der Waals surface area (Å²) >= 11 is 0. The Labute approximate surface area is 135 Å². The van der Waals surface area contributed by atoms with Gasteiger partial charge in [0, 0.05) is 37.3 Å². The largest absolute Gasteiger partial charge is 0.433 e. The Kier molecular flexibility index (Phi) is 4.20. The third-order valence-corrected chi connectivity index (χ3v) is 4.05. The molecule has 1 aliphatic heterocycles. The predicted octanol–water partition coefficient (Wildman–Crippen LogP) is 1.91. The van der Waals surface area contributed by atoms with Crippen LogP contribution in [0.5, 0.6) is 0 Å². The van der Waals surface area contributed by atoms with E-state index in [1.807, 2.05) is 16.6 Å². The van der Waals surface area contributed by atoms with Crippen LogP contribution < -0.4 is 5.32 Å². The van der Waals surface area contributed by atoms with E-state index >= 15 is 0 Å². The second-order valence-electron chi connectivity index (χ2n) is 5.52. The summed E-state index contributed by atoms with van der Waals surface area (Å²) in [5.74, 6) is 0. The fourth-order valence-corrected chi connectivity index (χ4v) is 2.79. The van der Waals surface area contributed by atoms with Gasteiger partial charge in [0.15, 0.2) is 0 Å². The van der Waals surface area contributed by atoms with Crippen LogP contribution in [0.2, 0.25) is 0 Å². The van der Waals surface area contributed by atoms with Gasteiger partial charge in [-0.15, -0.1) is 0 Å². The van der Waals surface area contributed by atoms with Crippen LogP contribution in [0.3, 0.4) is 0 Å². The van der Waals surface area contributed by atoms with E-state index in [2.05, 4.69) is 15.4 Å². The highest BCUT2D eigenvalue weighted by Gasteiger charge is 2.35. The Morgan fingerprint density at radius 1 is 1.46 bits per heavy atom. The van der Waals surface area contributed by atoms with Gasteiger partial charge in [-0.25, -0.2) is 9.78 Å². The summed E-state index contributed by atoms with van der Waals surface area (Å²) in [7, 11) is 0. The smallest absolute Gasteiger partial charge is 0.334 e. The Bertz CT molecular complexity index is 735. The molecule has 0 unspecified atom stereocenters. The lowest BCUT2D eigenvalue weighted by Gasteiger charge is -2.27. The van der Waals surface area contributed by atoms with Crippen molar-refractivity contribution in [3.05, 3.63) is 35.2 Å². The van der Waals surface area contributed by atoms with E-state index in [0.717, 1.165) is 24.1 Å². The molecule has 10 heteroatoms. The minimum atomic E-state index is -4.52. The Hall–Kier alpha value is -2.52. The quantitative estimate of drug-likeness (QED) is 0.894. The number of aryl methyl sites for hydroxylation is 1. The summed E-state index contributed by atoms with van der Waals surface area (Å²) in [4.78, 5) is 18.0. The number of fused-ring (bicyclic) bond motifs is 1. The summed E-state index contributed by atoms with van der Waals surface area (Å²) < 4.78 is 40.3. The van der Waals surface area contributed by atoms with Crippen LogP contribution in [0.25, 0.3) is 0 Å². The Balaban J connectivity index is 1.62. The number of amides is 2. The number of nitrogens with zero attached hydrogens (tertiary/aromatic N) is 4. The summed E-state index contributed by atoms with van der Waals surface area (Å²) in [5.41, 5.74) is 0.905. The number of carbonyl (C=O) groups excluding carboxylic acids is 1. The Morgan fingerprint density at radius 2 is 2.25 bits per heavy atom. The van der Waals surface area contributed by atoms with Crippen molar-refractivity contribution in [3.63, 3.8) is 0 Å². The van der Waals surface area contributed by atoms with Crippen molar-refractivity contribution in [2.24, 2.45) is 0 Å². The summed E-state index contributed by atoms with van der Waals surface area (Å²) in [6, 6.07) is -0.416. The number of hydrogen-bond acceptors (Lipinski definition) is 3. The zero-order chi connectivity index (χ0) is 17.3. The lowest BCUT2D eigenvalue weighted by molar-refractivity contribution is -0.141. The molecule has 24 heavy (non-hydrogen) atoms. The summed E-state index contributed by atoms with van der Waals surface area (Å²) in [5, 5.41) is 7.83. The van der Waals surface area contributed by atoms with E-state index in [0.29, 0.717) is 19.5 Å². The van der Waals surface area contributed by atoms with Crippen molar-refractivity contribution in [3.8, 4) is 0 Å². The zero-order valence-corrected chi connectivity index (χ0v) is 13.0. The molecule has 2 aromatic heterocycles. The van der Waals surface area contributed by atoms with Crippen molar-refractivity contribution in [2.45, 2.75) is 39.2 Å². The number of halogens is 3. The first-order valence-electron chi connectivity index (χ1n) is 7.55. The van der Waals surface area contributed by atoms with E-state index < -0.39 is 17.9 Å². The maximum Gasteiger partial charge on any atom is 0.433 e. The molecule has 0 aromatic carbocycles. The van der Waals surface area contributed by atoms with E-state index in [9.17, 15) is 18.0 Å². The van der Waals surface area contributed by atoms with Gasteiger partial charge < -0.3 is 14.8 Å². The molecule has 2 aromatic rings. The molecule has 0 saturated carbocycles. The second kappa shape index (κ2) is 6.17. The molecule has 0 radical (unpaired) electrons. The van der Waals surface area contributed by atoms with Crippen molar-refractivity contribution >= 4 is 6.03 Å². The topological polar surface area (TPSA) is 78.8 Å². The van der Waals surface area contributed by atoms with E-state index in [1.165, 1.54) is 0 Å². The maximum absolute atomic E-state index is 12.8. The van der Waals surface area contributed by atoms with E-state index in [4.69, 9.17) is 0 Å². The van der Waals surface area contributed by atoms with Crippen molar-refractivity contribution in [1.82, 2.24) is 30.0 Å². The highest BCUT2D eigenvalue weighted by Crippen LogP contribution is 2.29. The number of aromatic amines is 1. The number of H-pyrrole nitrogens is 1. The minimum Gasteiger partial charge on any atom is -0.334 e. The van der Waals surface area contributed by atoms with Gasteiger partial charge in [0.1, 0.15) is 5.69 Å². The Morgan fingerprint density at radius 3 is 2.96 bits per heavy atom. The molecule has 0 atom stereocenters. The van der Waals surface area contributed by atoms with Gasteiger partial charge in [-0.3, -0.25) is 5.10 Å². The second-order valence-corrected chi connectivity index (χ2v) is 5.52. The molecule has 2 N–H and O–H groups in total. The van der Waals surface area contributed by atoms with Gasteiger partial charge in [0.05, 0.1) is 24.8 Å². The summed E-state index contributed by atoms with van der Waals surface area (Å²) in [6.07, 6.45) is -1.03. The van der Waals surface area contributed by atoms with E-state index in [1.54, 1.807) is 11.2 Å². The number of rotatable bonds is 3. The molecule has 3 heterocycles. The number of urea groups is 1. The molecule has 2 amide bonds. The molecular weight excluding hydrogens is 325 g/mol. The normalized spacial score (nSPS) is 14.6. The molecule has 0 bridgehead atoms. The third-order valence-electron chi connectivity index (χ3n) is 4.05. The average Bonchev–Trinajstić information content (AvgIpc) is 3.17. The van der Waals surface area contributed by atoms with Gasteiger partial charge in [0.2, 0.25) is 0 Å². The minimum absolute atomic E-state index is 0.0937. The number of alkyl halides is 3. The van der Waals surface area contributed by atoms with Crippen LogP contribution in [-0.2, 0) is 32.2 Å². The summed E-state index contributed by atoms with van der Waals surface area (Å²) in [6.45, 7) is 3.45. The van der Waals surface area contributed by atoms with Crippen LogP contribution in [0.1, 0.15) is 29.6 Å². The number of carbonyl (C=O) groups is 1. The van der Waals surface area contributed by atoms with Gasteiger partial charge in [-0.05, 0) is 6.92 Å². The standard InChI is InChI=1S/C14H17F3N6O/c1-2-22-8-19-10-7-23(4-3-11(10)22)13(24)18-5-9-6-20-21-12(9)14(15,16)17/h6,8H,2-5,7H2,1H3,(H,18,24)(H,20,21). The van der Waals surface area contributed by atoms with Crippen LogP contribution in [-0.4, -0.2) is 37.2 Å². The predicted molar refractivity (Wildman–Crippen MR) is 77.8 cm³/mol. The van der Waals surface area contributed by atoms with E-state index in [-0.39, 0.29) is 12.1 Å². The molecule has 1 aliphatic rings. The molecule has 3 rings (SSSR count). The number of imidazole rings is 1. The fourth-order valence-electron chi connectivity index (χ4n) is 2.79. The molecular formula is C14H17F3N6O. The van der Waals surface area contributed by atoms with Gasteiger partial charge >= 0.3 is 12.2 Å². The SMILES string of the molecule is CCn1cnc2c1CCN(C(=O)NCc1cn[nH]c1C(F)(F)F)C2. The van der Waals surface area contributed by atoms with Crippen LogP contribution >= 0.6 is 0 Å². The number of aromatic nitrogens is 4. The highest BCUT2D eigenvalue weighted by molar-refractivity contribution is 5.74. The van der Waals surface area contributed by atoms with Crippen LogP contribution in [0.4, 0.5) is 18.0 Å². The lowest BCUT2D eigenvalue weighted by Crippen LogP contribution is -2.42. The molecule has 0 saturated heterocycles. The molecule has 0 spiro atoms. The first-order chi connectivity index (χ1) is 11.4. The molecule has 7 nitrogen and oxygen atoms in total. The first kappa shape index (κ1) is 16.3. The van der Waals surface area contributed by atoms with Crippen molar-refractivity contribution < 1.29 is 18.0 Å². The fraction of sp³-hybridized carbons (Fsp3) is 0.500. The third kappa shape index (κ3) is 3.08. The number of nitrogens with one attached hydrogen (secondary N) is 2. The molecule has 130 valence electrons. The molecule has 0 aliphatic carbocycles. The lowest BCUT2D eigenvalue weighted by atomic mass is 10.1. The van der Waals surface area contributed by atoms with Crippen molar-refractivity contribution in [2.75, 3.05) is 6.54 Å². The maximum atomic E-state index is 12.8. The van der Waals surface area contributed by atoms with Crippen LogP contribution in [0, 0.1) is 0 Å². The first-order valence-corrected chi connectivity index (χ1v) is 7.55. The van der Waals surface area contributed by atoms with Gasteiger partial charge in [-0.2, -0.15) is 18.3 Å². The molecule has 0 fully saturated rings.